The summed E-state index contributed by atoms with van der Waals surface area (Å²) in [6.07, 6.45) is -0.765. The maximum Gasteiger partial charge on any atom is 0.452 e. The third-order valence-corrected chi connectivity index (χ3v) is 6.62. The molecule has 0 fully saturated rings. The Morgan fingerprint density at radius 1 is 0.881 bits per heavy atom. The van der Waals surface area contributed by atoms with Crippen LogP contribution in [0.2, 0.25) is 0 Å². The molecule has 0 saturated heterocycles. The highest BCUT2D eigenvalue weighted by Gasteiger charge is 2.44. The molecule has 4 rings (SSSR count). The van der Waals surface area contributed by atoms with Gasteiger partial charge in [-0.25, -0.2) is 4.98 Å². The average Bonchev–Trinajstić information content (AvgIpc) is 3.65. The van der Waals surface area contributed by atoms with E-state index in [1.165, 1.54) is 6.20 Å². The van der Waals surface area contributed by atoms with Gasteiger partial charge in [0.05, 0.1) is 6.54 Å². The summed E-state index contributed by atoms with van der Waals surface area (Å²) < 4.78 is 40.2. The van der Waals surface area contributed by atoms with Gasteiger partial charge in [0.2, 0.25) is 17.7 Å². The first-order valence-corrected chi connectivity index (χ1v) is 13.2. The van der Waals surface area contributed by atoms with Crippen molar-refractivity contribution in [1.82, 2.24) is 30.9 Å². The number of Topliss-reactive ketones (excluding diaryl/α,β-unsaturated/α-hetero) is 1. The van der Waals surface area contributed by atoms with E-state index in [0.29, 0.717) is 33.4 Å². The predicted octanol–water partition coefficient (Wildman–Crippen LogP) is 2.97. The minimum Gasteiger partial charge on any atom is -0.361 e. The maximum atomic E-state index is 13.4. The lowest BCUT2D eigenvalue weighted by Crippen LogP contribution is -2.53. The van der Waals surface area contributed by atoms with Crippen molar-refractivity contribution in [3.05, 3.63) is 78.2 Å². The minimum absolute atomic E-state index is 0.0474. The van der Waals surface area contributed by atoms with Crippen LogP contribution in [-0.2, 0) is 32.0 Å². The number of para-hydroxylation sites is 1. The van der Waals surface area contributed by atoms with Crippen molar-refractivity contribution in [3.63, 3.8) is 0 Å². The fraction of sp³-hybridized carbons (Fsp3) is 0.276. The minimum atomic E-state index is -5.19. The van der Waals surface area contributed by atoms with Gasteiger partial charge < -0.3 is 25.9 Å². The lowest BCUT2D eigenvalue weighted by atomic mass is 9.99. The number of alkyl halides is 3. The smallest absolute Gasteiger partial charge is 0.361 e. The van der Waals surface area contributed by atoms with E-state index >= 15 is 0 Å². The number of hydrogen-bond acceptors (Lipinski definition) is 5. The van der Waals surface area contributed by atoms with Crippen LogP contribution in [0.5, 0.6) is 0 Å². The Hall–Kier alpha value is -4.94. The number of carbonyl (C=O) groups excluding carboxylic acids is 4. The van der Waals surface area contributed by atoms with Crippen LogP contribution < -0.4 is 16.0 Å². The lowest BCUT2D eigenvalue weighted by molar-refractivity contribution is -0.173. The topological polar surface area (TPSA) is 149 Å². The van der Waals surface area contributed by atoms with Crippen LogP contribution in [0.3, 0.4) is 0 Å². The molecule has 0 saturated carbocycles. The number of aromatic amines is 2. The molecule has 42 heavy (non-hydrogen) atoms. The van der Waals surface area contributed by atoms with Gasteiger partial charge in [-0.15, -0.1) is 0 Å². The predicted molar refractivity (Wildman–Crippen MR) is 148 cm³/mol. The molecule has 3 amide bonds. The summed E-state index contributed by atoms with van der Waals surface area (Å²) in [6.45, 7) is 0.896. The summed E-state index contributed by atoms with van der Waals surface area (Å²) in [7, 11) is 0. The Morgan fingerprint density at radius 2 is 1.57 bits per heavy atom. The second-order valence-corrected chi connectivity index (χ2v) is 9.54. The third-order valence-electron chi connectivity index (χ3n) is 6.62. The molecule has 220 valence electrons. The number of imidazole rings is 1. The van der Waals surface area contributed by atoms with Crippen LogP contribution >= 0.6 is 0 Å². The zero-order valence-corrected chi connectivity index (χ0v) is 22.5. The Morgan fingerprint density at radius 3 is 2.29 bits per heavy atom. The van der Waals surface area contributed by atoms with Crippen molar-refractivity contribution in [2.75, 3.05) is 6.54 Å². The summed E-state index contributed by atoms with van der Waals surface area (Å²) in [5, 5.41) is 7.72. The molecule has 2 heterocycles. The molecule has 0 radical (unpaired) electrons. The summed E-state index contributed by atoms with van der Waals surface area (Å²) >= 11 is 0. The number of halogens is 3. The van der Waals surface area contributed by atoms with Crippen molar-refractivity contribution < 1.29 is 32.3 Å². The maximum absolute atomic E-state index is 13.4. The molecule has 13 heteroatoms. The van der Waals surface area contributed by atoms with Crippen LogP contribution in [0, 0.1) is 0 Å². The summed E-state index contributed by atoms with van der Waals surface area (Å²) in [4.78, 5) is 60.3. The molecule has 2 aromatic heterocycles. The van der Waals surface area contributed by atoms with Crippen LogP contribution in [0.25, 0.3) is 22.3 Å². The zero-order valence-electron chi connectivity index (χ0n) is 22.5. The molecule has 0 aliphatic carbocycles. The van der Waals surface area contributed by atoms with E-state index in [-0.39, 0.29) is 12.8 Å². The number of nitrogens with zero attached hydrogens (tertiary/aromatic N) is 1. The quantitative estimate of drug-likeness (QED) is 0.174. The summed E-state index contributed by atoms with van der Waals surface area (Å²) in [6, 6.07) is 11.0. The molecule has 0 bridgehead atoms. The number of amides is 3. The number of hydrogen-bond donors (Lipinski definition) is 5. The molecule has 2 atom stereocenters. The molecule has 0 aliphatic rings. The van der Waals surface area contributed by atoms with Gasteiger partial charge in [-0.2, -0.15) is 13.2 Å². The van der Waals surface area contributed by atoms with Gasteiger partial charge >= 0.3 is 6.18 Å². The molecule has 0 spiro atoms. The van der Waals surface area contributed by atoms with Crippen LogP contribution in [-0.4, -0.2) is 63.3 Å². The van der Waals surface area contributed by atoms with Gasteiger partial charge in [-0.05, 0) is 17.2 Å². The number of benzene rings is 2. The summed E-state index contributed by atoms with van der Waals surface area (Å²) in [5.74, 6) is -3.69. The first kappa shape index (κ1) is 30.0. The highest BCUT2D eigenvalue weighted by molar-refractivity contribution is 5.95. The molecule has 4 aromatic rings. The van der Waals surface area contributed by atoms with E-state index in [1.54, 1.807) is 67.8 Å². The second kappa shape index (κ2) is 13.1. The summed E-state index contributed by atoms with van der Waals surface area (Å²) in [5.41, 5.74) is 2.46. The molecule has 2 unspecified atom stereocenters. The highest BCUT2D eigenvalue weighted by Crippen LogP contribution is 2.24. The average molecular weight is 583 g/mol. The van der Waals surface area contributed by atoms with E-state index in [0.717, 1.165) is 0 Å². The number of carbonyl (C=O) groups is 4. The first-order valence-electron chi connectivity index (χ1n) is 13.2. The molecule has 10 nitrogen and oxygen atoms in total. The van der Waals surface area contributed by atoms with Crippen molar-refractivity contribution in [3.8, 4) is 11.4 Å². The van der Waals surface area contributed by atoms with E-state index in [9.17, 15) is 32.3 Å². The molecule has 0 aliphatic heterocycles. The normalized spacial score (nSPS) is 12.9. The number of aromatic nitrogens is 3. The third kappa shape index (κ3) is 7.42. The van der Waals surface area contributed by atoms with Crippen molar-refractivity contribution in [2.45, 2.75) is 44.4 Å². The second-order valence-electron chi connectivity index (χ2n) is 9.54. The van der Waals surface area contributed by atoms with Gasteiger partial charge in [-0.3, -0.25) is 19.2 Å². The van der Waals surface area contributed by atoms with Crippen molar-refractivity contribution in [2.24, 2.45) is 0 Å². The van der Waals surface area contributed by atoms with Crippen LogP contribution in [0.1, 0.15) is 24.5 Å². The van der Waals surface area contributed by atoms with E-state index in [1.807, 2.05) is 0 Å². The number of ketones is 1. The number of fused-ring (bicyclic) bond motifs is 1. The SMILES string of the molecule is CCC(=O)NC(Cc1ccccc1-c1ncc[nH]1)C(=O)NCC(=O)NC(Cc1c[nH]c2ccccc12)C(=O)C(F)(F)F. The monoisotopic (exact) mass is 582 g/mol. The van der Waals surface area contributed by atoms with Crippen molar-refractivity contribution in [1.29, 1.82) is 0 Å². The lowest BCUT2D eigenvalue weighted by Gasteiger charge is -2.21. The molecular formula is C29H29F3N6O4. The number of rotatable bonds is 12. The Kier molecular flexibility index (Phi) is 9.40. The fourth-order valence-corrected chi connectivity index (χ4v) is 4.53. The number of H-pyrrole nitrogens is 2. The number of nitrogens with one attached hydrogen (secondary N) is 5. The largest absolute Gasteiger partial charge is 0.452 e. The van der Waals surface area contributed by atoms with Gasteiger partial charge in [-0.1, -0.05) is 49.4 Å². The van der Waals surface area contributed by atoms with E-state index in [4.69, 9.17) is 0 Å². The molecular weight excluding hydrogens is 553 g/mol. The fourth-order valence-electron chi connectivity index (χ4n) is 4.53. The Bertz CT molecular complexity index is 1560. The van der Waals surface area contributed by atoms with E-state index in [2.05, 4.69) is 30.9 Å². The van der Waals surface area contributed by atoms with Crippen LogP contribution in [0.15, 0.2) is 67.1 Å². The molecule has 5 N–H and O–H groups in total. The van der Waals surface area contributed by atoms with Crippen LogP contribution in [0.4, 0.5) is 13.2 Å². The molecule has 2 aromatic carbocycles. The van der Waals surface area contributed by atoms with Gasteiger partial charge in [0.15, 0.2) is 0 Å². The van der Waals surface area contributed by atoms with Gasteiger partial charge in [0, 0.05) is 54.3 Å². The Labute approximate surface area is 238 Å². The van der Waals surface area contributed by atoms with E-state index < -0.39 is 54.7 Å². The van der Waals surface area contributed by atoms with Gasteiger partial charge in [0.25, 0.3) is 5.78 Å². The first-order chi connectivity index (χ1) is 20.1. The standard InChI is InChI=1S/C29H29F3N6O4/c1-2-24(39)38-23(13-17-7-3-4-9-20(17)27-33-11-12-34-27)28(42)36-16-25(40)37-22(26(41)29(30,31)32)14-18-15-35-21-10-6-5-8-19(18)21/h3-12,15,22-23,35H,2,13-14,16H2,1H3,(H,33,34)(H,36,42)(H,37,40)(H,38,39). The Balaban J connectivity index is 1.46. The van der Waals surface area contributed by atoms with Gasteiger partial charge in [0.1, 0.15) is 17.9 Å². The highest BCUT2D eigenvalue weighted by atomic mass is 19.4. The van der Waals surface area contributed by atoms with Crippen molar-refractivity contribution >= 4 is 34.4 Å². The zero-order chi connectivity index (χ0) is 30.3.